The van der Waals surface area contributed by atoms with Crippen molar-refractivity contribution in [1.82, 2.24) is 10.2 Å². The Bertz CT molecular complexity index is 466. The van der Waals surface area contributed by atoms with Gasteiger partial charge in [0, 0.05) is 42.8 Å². The molecule has 1 heterocycles. The summed E-state index contributed by atoms with van der Waals surface area (Å²) in [5.74, 6) is 0.381. The molecule has 0 saturated carbocycles. The van der Waals surface area contributed by atoms with Crippen molar-refractivity contribution in [1.29, 1.82) is 0 Å². The van der Waals surface area contributed by atoms with Crippen LogP contribution in [0, 0.1) is 5.82 Å². The smallest absolute Gasteiger partial charge is 0.131 e. The van der Waals surface area contributed by atoms with Crippen LogP contribution in [0.1, 0.15) is 32.8 Å². The maximum absolute atomic E-state index is 14.1. The summed E-state index contributed by atoms with van der Waals surface area (Å²) in [6.07, 6.45) is 1.07. The van der Waals surface area contributed by atoms with Crippen molar-refractivity contribution in [3.05, 3.63) is 29.6 Å². The number of benzene rings is 1. The van der Waals surface area contributed by atoms with Crippen LogP contribution in [0.2, 0.25) is 0 Å². The van der Waals surface area contributed by atoms with Crippen LogP contribution >= 0.6 is 0 Å². The SMILES string of the molecule is CCC1(C)CN(Cc2ccc(OC)cc2F)C(C)CN1. The van der Waals surface area contributed by atoms with Crippen LogP contribution in [-0.2, 0) is 6.54 Å². The molecule has 0 radical (unpaired) electrons. The summed E-state index contributed by atoms with van der Waals surface area (Å²) in [7, 11) is 1.56. The van der Waals surface area contributed by atoms with E-state index in [9.17, 15) is 4.39 Å². The Kier molecular flexibility index (Phi) is 4.66. The quantitative estimate of drug-likeness (QED) is 0.918. The molecule has 2 atom stereocenters. The maximum atomic E-state index is 14.1. The molecule has 0 amide bonds. The highest BCUT2D eigenvalue weighted by molar-refractivity contribution is 5.29. The van der Waals surface area contributed by atoms with Crippen molar-refractivity contribution >= 4 is 0 Å². The van der Waals surface area contributed by atoms with E-state index in [4.69, 9.17) is 4.74 Å². The minimum absolute atomic E-state index is 0.120. The number of rotatable bonds is 4. The molecule has 0 spiro atoms. The zero-order chi connectivity index (χ0) is 14.8. The molecule has 1 aromatic carbocycles. The van der Waals surface area contributed by atoms with Gasteiger partial charge in [0.1, 0.15) is 11.6 Å². The molecule has 2 rings (SSSR count). The van der Waals surface area contributed by atoms with Crippen molar-refractivity contribution in [2.75, 3.05) is 20.2 Å². The van der Waals surface area contributed by atoms with E-state index >= 15 is 0 Å². The van der Waals surface area contributed by atoms with Gasteiger partial charge in [0.2, 0.25) is 0 Å². The lowest BCUT2D eigenvalue weighted by Crippen LogP contribution is -2.61. The van der Waals surface area contributed by atoms with Gasteiger partial charge in [-0.25, -0.2) is 4.39 Å². The number of ether oxygens (including phenoxy) is 1. The van der Waals surface area contributed by atoms with Crippen LogP contribution < -0.4 is 10.1 Å². The molecule has 0 aliphatic carbocycles. The molecule has 1 aliphatic rings. The second-order valence-corrected chi connectivity index (χ2v) is 6.01. The van der Waals surface area contributed by atoms with E-state index in [0.717, 1.165) is 25.1 Å². The molecule has 4 heteroatoms. The maximum Gasteiger partial charge on any atom is 0.131 e. The third kappa shape index (κ3) is 3.30. The van der Waals surface area contributed by atoms with E-state index in [2.05, 4.69) is 31.0 Å². The van der Waals surface area contributed by atoms with E-state index in [-0.39, 0.29) is 11.4 Å². The molecule has 20 heavy (non-hydrogen) atoms. The van der Waals surface area contributed by atoms with Crippen molar-refractivity contribution in [2.45, 2.75) is 45.3 Å². The number of hydrogen-bond donors (Lipinski definition) is 1. The van der Waals surface area contributed by atoms with Gasteiger partial charge in [-0.15, -0.1) is 0 Å². The van der Waals surface area contributed by atoms with E-state index in [1.807, 2.05) is 12.1 Å². The zero-order valence-corrected chi connectivity index (χ0v) is 12.9. The first-order valence-corrected chi connectivity index (χ1v) is 7.29. The fraction of sp³-hybridized carbons (Fsp3) is 0.625. The van der Waals surface area contributed by atoms with Gasteiger partial charge >= 0.3 is 0 Å². The topological polar surface area (TPSA) is 24.5 Å². The summed E-state index contributed by atoms with van der Waals surface area (Å²) < 4.78 is 19.1. The first-order chi connectivity index (χ1) is 9.47. The molecule has 1 aliphatic heterocycles. The summed E-state index contributed by atoms with van der Waals surface area (Å²) in [5, 5.41) is 3.59. The third-order valence-corrected chi connectivity index (χ3v) is 4.41. The lowest BCUT2D eigenvalue weighted by Gasteiger charge is -2.45. The van der Waals surface area contributed by atoms with Gasteiger partial charge < -0.3 is 10.1 Å². The normalized spacial score (nSPS) is 27.6. The minimum Gasteiger partial charge on any atom is -0.497 e. The Morgan fingerprint density at radius 1 is 1.50 bits per heavy atom. The summed E-state index contributed by atoms with van der Waals surface area (Å²) in [4.78, 5) is 2.35. The predicted octanol–water partition coefficient (Wildman–Crippen LogP) is 2.80. The second-order valence-electron chi connectivity index (χ2n) is 6.01. The van der Waals surface area contributed by atoms with Crippen LogP contribution in [-0.4, -0.2) is 36.7 Å². The van der Waals surface area contributed by atoms with Gasteiger partial charge in [-0.3, -0.25) is 4.90 Å². The van der Waals surface area contributed by atoms with Gasteiger partial charge in [-0.05, 0) is 26.3 Å². The van der Waals surface area contributed by atoms with Crippen molar-refractivity contribution < 1.29 is 9.13 Å². The van der Waals surface area contributed by atoms with E-state index in [0.29, 0.717) is 18.3 Å². The van der Waals surface area contributed by atoms with Gasteiger partial charge in [-0.2, -0.15) is 0 Å². The summed E-state index contributed by atoms with van der Waals surface area (Å²) >= 11 is 0. The summed E-state index contributed by atoms with van der Waals surface area (Å²) in [6, 6.07) is 5.52. The number of halogens is 1. The number of hydrogen-bond acceptors (Lipinski definition) is 3. The number of methoxy groups -OCH3 is 1. The molecule has 3 nitrogen and oxygen atoms in total. The molecule has 1 N–H and O–H groups in total. The average molecular weight is 280 g/mol. The zero-order valence-electron chi connectivity index (χ0n) is 12.9. The minimum atomic E-state index is -0.187. The van der Waals surface area contributed by atoms with Crippen molar-refractivity contribution in [3.63, 3.8) is 0 Å². The molecular formula is C16H25FN2O. The lowest BCUT2D eigenvalue weighted by atomic mass is 9.93. The molecule has 2 unspecified atom stereocenters. The Morgan fingerprint density at radius 2 is 2.25 bits per heavy atom. The van der Waals surface area contributed by atoms with Gasteiger partial charge in [0.25, 0.3) is 0 Å². The first-order valence-electron chi connectivity index (χ1n) is 7.29. The number of nitrogens with zero attached hydrogens (tertiary/aromatic N) is 1. The third-order valence-electron chi connectivity index (χ3n) is 4.41. The van der Waals surface area contributed by atoms with Crippen LogP contribution in [0.4, 0.5) is 4.39 Å². The summed E-state index contributed by atoms with van der Waals surface area (Å²) in [5.41, 5.74) is 0.855. The lowest BCUT2D eigenvalue weighted by molar-refractivity contribution is 0.0855. The monoisotopic (exact) mass is 280 g/mol. The van der Waals surface area contributed by atoms with Crippen LogP contribution in [0.5, 0.6) is 5.75 Å². The van der Waals surface area contributed by atoms with E-state index in [1.165, 1.54) is 6.07 Å². The standard InChI is InChI=1S/C16H25FN2O/c1-5-16(3)11-19(12(2)9-18-16)10-13-6-7-14(20-4)8-15(13)17/h6-8,12,18H,5,9-11H2,1-4H3. The van der Waals surface area contributed by atoms with Crippen LogP contribution in [0.3, 0.4) is 0 Å². The Labute approximate surface area is 121 Å². The van der Waals surface area contributed by atoms with Gasteiger partial charge in [0.05, 0.1) is 7.11 Å². The van der Waals surface area contributed by atoms with E-state index in [1.54, 1.807) is 7.11 Å². The van der Waals surface area contributed by atoms with Crippen LogP contribution in [0.15, 0.2) is 18.2 Å². The fourth-order valence-corrected chi connectivity index (χ4v) is 2.63. The number of nitrogens with one attached hydrogen (secondary N) is 1. The van der Waals surface area contributed by atoms with E-state index < -0.39 is 0 Å². The highest BCUT2D eigenvalue weighted by atomic mass is 19.1. The number of piperazine rings is 1. The van der Waals surface area contributed by atoms with Crippen molar-refractivity contribution in [3.8, 4) is 5.75 Å². The Morgan fingerprint density at radius 3 is 2.85 bits per heavy atom. The molecule has 1 aromatic rings. The molecule has 0 aromatic heterocycles. The van der Waals surface area contributed by atoms with Gasteiger partial charge in [-0.1, -0.05) is 13.0 Å². The molecule has 112 valence electrons. The molecular weight excluding hydrogens is 255 g/mol. The molecule has 1 saturated heterocycles. The fourth-order valence-electron chi connectivity index (χ4n) is 2.63. The Hall–Kier alpha value is -1.13. The average Bonchev–Trinajstić information content (AvgIpc) is 2.45. The molecule has 1 fully saturated rings. The Balaban J connectivity index is 2.11. The second kappa shape index (κ2) is 6.10. The summed E-state index contributed by atoms with van der Waals surface area (Å²) in [6.45, 7) is 9.14. The first kappa shape index (κ1) is 15.3. The highest BCUT2D eigenvalue weighted by Gasteiger charge is 2.32. The highest BCUT2D eigenvalue weighted by Crippen LogP contribution is 2.23. The molecule has 0 bridgehead atoms. The predicted molar refractivity (Wildman–Crippen MR) is 79.5 cm³/mol. The van der Waals surface area contributed by atoms with Crippen LogP contribution in [0.25, 0.3) is 0 Å². The van der Waals surface area contributed by atoms with Crippen molar-refractivity contribution in [2.24, 2.45) is 0 Å². The largest absolute Gasteiger partial charge is 0.497 e. The van der Waals surface area contributed by atoms with Gasteiger partial charge in [0.15, 0.2) is 0 Å².